The fourth-order valence-corrected chi connectivity index (χ4v) is 1.46. The molecule has 0 spiro atoms. The highest BCUT2D eigenvalue weighted by atomic mass is 35.5. The van der Waals surface area contributed by atoms with Crippen LogP contribution in [0.5, 0.6) is 5.75 Å². The van der Waals surface area contributed by atoms with Gasteiger partial charge in [-0.25, -0.2) is 4.79 Å². The molecule has 18 heavy (non-hydrogen) atoms. The number of nitrogens with zero attached hydrogens (tertiary/aromatic N) is 1. The quantitative estimate of drug-likeness (QED) is 0.468. The van der Waals surface area contributed by atoms with Crippen molar-refractivity contribution in [1.82, 2.24) is 0 Å². The van der Waals surface area contributed by atoms with Crippen molar-refractivity contribution in [2.75, 3.05) is 6.61 Å². The molecule has 0 bridgehead atoms. The second kappa shape index (κ2) is 6.20. The molecular weight excluding hydrogens is 262 g/mol. The standard InChI is InChI=1S/C11H12ClNO5/c1-3-17-11(14)7(2)18-10-8(12)5-4-6-9(10)13(15)16/h4-7H,3H2,1-2H3/t7-/m1/s1. The Morgan fingerprint density at radius 3 is 2.78 bits per heavy atom. The molecule has 1 atom stereocenters. The van der Waals surface area contributed by atoms with Gasteiger partial charge in [0.1, 0.15) is 0 Å². The lowest BCUT2D eigenvalue weighted by Gasteiger charge is -2.14. The third-order valence-electron chi connectivity index (χ3n) is 2.06. The Balaban J connectivity index is 2.96. The number of hydrogen-bond donors (Lipinski definition) is 0. The van der Waals surface area contributed by atoms with E-state index in [4.69, 9.17) is 21.1 Å². The van der Waals surface area contributed by atoms with Gasteiger partial charge in [0.25, 0.3) is 0 Å². The third kappa shape index (κ3) is 3.33. The molecule has 1 rings (SSSR count). The molecule has 1 aromatic rings. The zero-order valence-electron chi connectivity index (χ0n) is 9.88. The summed E-state index contributed by atoms with van der Waals surface area (Å²) in [6.45, 7) is 3.30. The molecule has 0 N–H and O–H groups in total. The summed E-state index contributed by atoms with van der Waals surface area (Å²) in [5.41, 5.74) is -0.293. The summed E-state index contributed by atoms with van der Waals surface area (Å²) in [4.78, 5) is 21.6. The number of nitro groups is 1. The Labute approximate surface area is 109 Å². The number of ether oxygens (including phenoxy) is 2. The van der Waals surface area contributed by atoms with Crippen molar-refractivity contribution >= 4 is 23.3 Å². The first-order valence-electron chi connectivity index (χ1n) is 5.23. The van der Waals surface area contributed by atoms with E-state index in [2.05, 4.69) is 0 Å². The van der Waals surface area contributed by atoms with Gasteiger partial charge in [-0.3, -0.25) is 10.1 Å². The molecule has 0 saturated carbocycles. The number of esters is 1. The number of carbonyl (C=O) groups is 1. The van der Waals surface area contributed by atoms with Gasteiger partial charge in [-0.15, -0.1) is 0 Å². The minimum Gasteiger partial charge on any atom is -0.471 e. The van der Waals surface area contributed by atoms with Crippen molar-refractivity contribution in [3.8, 4) is 5.75 Å². The number of rotatable bonds is 5. The zero-order chi connectivity index (χ0) is 13.7. The molecule has 0 fully saturated rings. The summed E-state index contributed by atoms with van der Waals surface area (Å²) in [6.07, 6.45) is -0.969. The van der Waals surface area contributed by atoms with Crippen molar-refractivity contribution in [2.45, 2.75) is 20.0 Å². The van der Waals surface area contributed by atoms with Gasteiger partial charge in [0.15, 0.2) is 6.10 Å². The first-order chi connectivity index (χ1) is 8.47. The molecule has 6 nitrogen and oxygen atoms in total. The summed E-state index contributed by atoms with van der Waals surface area (Å²) < 4.78 is 9.94. The van der Waals surface area contributed by atoms with Crippen LogP contribution in [-0.2, 0) is 9.53 Å². The van der Waals surface area contributed by atoms with Gasteiger partial charge in [-0.05, 0) is 19.9 Å². The number of benzene rings is 1. The second-order valence-electron chi connectivity index (χ2n) is 3.36. The lowest BCUT2D eigenvalue weighted by Crippen LogP contribution is -2.26. The average Bonchev–Trinajstić information content (AvgIpc) is 2.31. The van der Waals surface area contributed by atoms with Gasteiger partial charge in [-0.2, -0.15) is 0 Å². The molecule has 0 amide bonds. The maximum atomic E-state index is 11.4. The van der Waals surface area contributed by atoms with Crippen LogP contribution in [0.2, 0.25) is 5.02 Å². The van der Waals surface area contributed by atoms with E-state index in [-0.39, 0.29) is 23.1 Å². The molecule has 7 heteroatoms. The fraction of sp³-hybridized carbons (Fsp3) is 0.364. The Kier molecular flexibility index (Phi) is 4.91. The minimum absolute atomic E-state index is 0.0698. The molecule has 0 unspecified atom stereocenters. The first-order valence-corrected chi connectivity index (χ1v) is 5.61. The summed E-state index contributed by atoms with van der Waals surface area (Å²) in [5, 5.41) is 10.9. The van der Waals surface area contributed by atoms with Crippen molar-refractivity contribution in [3.05, 3.63) is 33.3 Å². The molecule has 0 radical (unpaired) electrons. The smallest absolute Gasteiger partial charge is 0.347 e. The van der Waals surface area contributed by atoms with Crippen molar-refractivity contribution in [1.29, 1.82) is 0 Å². The van der Waals surface area contributed by atoms with Crippen LogP contribution in [0.4, 0.5) is 5.69 Å². The Hall–Kier alpha value is -1.82. The molecular formula is C11H12ClNO5. The molecule has 0 aromatic heterocycles. The van der Waals surface area contributed by atoms with Crippen LogP contribution in [0.3, 0.4) is 0 Å². The van der Waals surface area contributed by atoms with Gasteiger partial charge < -0.3 is 9.47 Å². The van der Waals surface area contributed by atoms with E-state index in [1.54, 1.807) is 6.92 Å². The Bertz CT molecular complexity index is 463. The zero-order valence-corrected chi connectivity index (χ0v) is 10.6. The van der Waals surface area contributed by atoms with E-state index in [1.807, 2.05) is 0 Å². The van der Waals surface area contributed by atoms with E-state index in [0.717, 1.165) is 0 Å². The summed E-state index contributed by atoms with van der Waals surface area (Å²) >= 11 is 5.82. The minimum atomic E-state index is -0.969. The Morgan fingerprint density at radius 2 is 2.22 bits per heavy atom. The van der Waals surface area contributed by atoms with Crippen molar-refractivity contribution in [2.24, 2.45) is 0 Å². The van der Waals surface area contributed by atoms with Crippen molar-refractivity contribution < 1.29 is 19.2 Å². The van der Waals surface area contributed by atoms with Crippen LogP contribution >= 0.6 is 11.6 Å². The largest absolute Gasteiger partial charge is 0.471 e. The Morgan fingerprint density at radius 1 is 1.56 bits per heavy atom. The van der Waals surface area contributed by atoms with Crippen LogP contribution in [0.1, 0.15) is 13.8 Å². The predicted octanol–water partition coefficient (Wildman–Crippen LogP) is 2.58. The molecule has 1 aromatic carbocycles. The van der Waals surface area contributed by atoms with Crippen LogP contribution in [-0.4, -0.2) is 23.6 Å². The average molecular weight is 274 g/mol. The van der Waals surface area contributed by atoms with Gasteiger partial charge in [0, 0.05) is 6.07 Å². The van der Waals surface area contributed by atoms with Crippen LogP contribution in [0, 0.1) is 10.1 Å². The monoisotopic (exact) mass is 273 g/mol. The summed E-state index contributed by atoms with van der Waals surface area (Å²) in [5.74, 6) is -0.739. The van der Waals surface area contributed by atoms with Crippen LogP contribution in [0.15, 0.2) is 18.2 Å². The molecule has 0 aliphatic rings. The summed E-state index contributed by atoms with van der Waals surface area (Å²) in [6, 6.07) is 4.13. The number of hydrogen-bond acceptors (Lipinski definition) is 5. The number of carbonyl (C=O) groups excluding carboxylic acids is 1. The van der Waals surface area contributed by atoms with Gasteiger partial charge >= 0.3 is 11.7 Å². The molecule has 0 aliphatic heterocycles. The van der Waals surface area contributed by atoms with Gasteiger partial charge in [0.2, 0.25) is 5.75 Å². The number of nitro benzene ring substituents is 1. The number of halogens is 1. The normalized spacial score (nSPS) is 11.7. The van der Waals surface area contributed by atoms with Crippen molar-refractivity contribution in [3.63, 3.8) is 0 Å². The molecule has 98 valence electrons. The molecule has 0 saturated heterocycles. The van der Waals surface area contributed by atoms with Crippen LogP contribution in [0.25, 0.3) is 0 Å². The SMILES string of the molecule is CCOC(=O)[C@@H](C)Oc1c(Cl)cccc1[N+](=O)[O-]. The summed E-state index contributed by atoms with van der Waals surface area (Å²) in [7, 11) is 0. The highest BCUT2D eigenvalue weighted by Gasteiger charge is 2.24. The van der Waals surface area contributed by atoms with E-state index in [1.165, 1.54) is 25.1 Å². The number of para-hydroxylation sites is 1. The highest BCUT2D eigenvalue weighted by molar-refractivity contribution is 6.32. The first kappa shape index (κ1) is 14.2. The molecule has 0 heterocycles. The molecule has 0 aliphatic carbocycles. The second-order valence-corrected chi connectivity index (χ2v) is 3.76. The third-order valence-corrected chi connectivity index (χ3v) is 2.35. The van der Waals surface area contributed by atoms with E-state index in [0.29, 0.717) is 0 Å². The van der Waals surface area contributed by atoms with Gasteiger partial charge in [0.05, 0.1) is 16.6 Å². The van der Waals surface area contributed by atoms with Gasteiger partial charge in [-0.1, -0.05) is 17.7 Å². The van der Waals surface area contributed by atoms with E-state index in [9.17, 15) is 14.9 Å². The lowest BCUT2D eigenvalue weighted by atomic mass is 10.3. The maximum absolute atomic E-state index is 11.4. The topological polar surface area (TPSA) is 78.7 Å². The van der Waals surface area contributed by atoms with E-state index >= 15 is 0 Å². The fourth-order valence-electron chi connectivity index (χ4n) is 1.24. The predicted molar refractivity (Wildman–Crippen MR) is 64.8 cm³/mol. The van der Waals surface area contributed by atoms with E-state index < -0.39 is 17.0 Å². The van der Waals surface area contributed by atoms with Crippen LogP contribution < -0.4 is 4.74 Å². The highest BCUT2D eigenvalue weighted by Crippen LogP contribution is 2.35. The lowest BCUT2D eigenvalue weighted by molar-refractivity contribution is -0.386. The maximum Gasteiger partial charge on any atom is 0.347 e.